The fourth-order valence-electron chi connectivity index (χ4n) is 1.55. The normalized spacial score (nSPS) is 10.2. The van der Waals surface area contributed by atoms with Gasteiger partial charge in [-0.15, -0.1) is 5.10 Å². The predicted octanol–water partition coefficient (Wildman–Crippen LogP) is 1.42. The maximum Gasteiger partial charge on any atom is 0.377 e. The third kappa shape index (κ3) is 2.69. The highest BCUT2D eigenvalue weighted by Gasteiger charge is 2.10. The quantitative estimate of drug-likeness (QED) is 0.750. The summed E-state index contributed by atoms with van der Waals surface area (Å²) in [6.45, 7) is 2.62. The lowest BCUT2D eigenvalue weighted by atomic mass is 10.1. The van der Waals surface area contributed by atoms with Crippen molar-refractivity contribution in [2.24, 2.45) is 0 Å². The number of benzene rings is 1. The number of aromatic nitrogens is 3. The van der Waals surface area contributed by atoms with Crippen LogP contribution in [0.15, 0.2) is 30.6 Å². The summed E-state index contributed by atoms with van der Waals surface area (Å²) in [5, 5.41) is 4.04. The second kappa shape index (κ2) is 4.78. The van der Waals surface area contributed by atoms with Crippen molar-refractivity contribution in [3.05, 3.63) is 47.5 Å². The van der Waals surface area contributed by atoms with Gasteiger partial charge in [-0.05, 0) is 12.5 Å². The summed E-state index contributed by atoms with van der Waals surface area (Å²) in [4.78, 5) is 15.1. The van der Waals surface area contributed by atoms with E-state index in [4.69, 9.17) is 0 Å². The molecule has 1 aromatic carbocycles. The van der Waals surface area contributed by atoms with Crippen molar-refractivity contribution in [2.45, 2.75) is 13.5 Å². The predicted molar refractivity (Wildman–Crippen MR) is 61.6 cm³/mol. The standard InChI is InChI=1S/C12H13N3O2/c1-9-4-3-5-10(6-9)7-15-8-13-11(14-15)12(16)17-2/h3-6,8H,7H2,1-2H3. The Hall–Kier alpha value is -2.17. The number of carbonyl (C=O) groups is 1. The van der Waals surface area contributed by atoms with Gasteiger partial charge in [-0.3, -0.25) is 0 Å². The summed E-state index contributed by atoms with van der Waals surface area (Å²) >= 11 is 0. The van der Waals surface area contributed by atoms with E-state index in [2.05, 4.69) is 20.9 Å². The Bertz CT molecular complexity index is 534. The molecule has 0 amide bonds. The molecule has 5 nitrogen and oxygen atoms in total. The van der Waals surface area contributed by atoms with Crippen molar-refractivity contribution < 1.29 is 9.53 Å². The van der Waals surface area contributed by atoms with E-state index in [1.807, 2.05) is 25.1 Å². The molecule has 2 rings (SSSR count). The van der Waals surface area contributed by atoms with E-state index in [0.29, 0.717) is 6.54 Å². The number of hydrogen-bond donors (Lipinski definition) is 0. The average Bonchev–Trinajstić information content (AvgIpc) is 2.76. The molecule has 0 fully saturated rings. The number of rotatable bonds is 3. The molecule has 0 aliphatic carbocycles. The first-order valence-electron chi connectivity index (χ1n) is 5.22. The Balaban J connectivity index is 2.14. The lowest BCUT2D eigenvalue weighted by Crippen LogP contribution is -2.06. The third-order valence-electron chi connectivity index (χ3n) is 2.33. The summed E-state index contributed by atoms with van der Waals surface area (Å²) in [5.41, 5.74) is 2.31. The maximum atomic E-state index is 11.2. The Morgan fingerprint density at radius 3 is 3.00 bits per heavy atom. The van der Waals surface area contributed by atoms with E-state index in [9.17, 15) is 4.79 Å². The van der Waals surface area contributed by atoms with Crippen LogP contribution < -0.4 is 0 Å². The van der Waals surface area contributed by atoms with Crippen LogP contribution in [0.5, 0.6) is 0 Å². The van der Waals surface area contributed by atoms with Crippen LogP contribution in [0.3, 0.4) is 0 Å². The molecule has 17 heavy (non-hydrogen) atoms. The molecule has 1 aromatic heterocycles. The Morgan fingerprint density at radius 1 is 1.47 bits per heavy atom. The van der Waals surface area contributed by atoms with Gasteiger partial charge in [0.2, 0.25) is 0 Å². The van der Waals surface area contributed by atoms with E-state index < -0.39 is 5.97 Å². The van der Waals surface area contributed by atoms with Gasteiger partial charge in [0.05, 0.1) is 13.7 Å². The van der Waals surface area contributed by atoms with Crippen molar-refractivity contribution in [1.29, 1.82) is 0 Å². The molecular weight excluding hydrogens is 218 g/mol. The minimum atomic E-state index is -0.520. The zero-order valence-electron chi connectivity index (χ0n) is 9.75. The van der Waals surface area contributed by atoms with Crippen LogP contribution in [0.4, 0.5) is 0 Å². The second-order valence-corrected chi connectivity index (χ2v) is 3.75. The molecule has 2 aromatic rings. The molecule has 0 unspecified atom stereocenters. The van der Waals surface area contributed by atoms with Gasteiger partial charge in [0.25, 0.3) is 5.82 Å². The average molecular weight is 231 g/mol. The first kappa shape index (κ1) is 11.3. The number of aryl methyl sites for hydroxylation is 1. The van der Waals surface area contributed by atoms with E-state index in [0.717, 1.165) is 5.56 Å². The van der Waals surface area contributed by atoms with Gasteiger partial charge >= 0.3 is 5.97 Å². The topological polar surface area (TPSA) is 57.0 Å². The molecule has 0 saturated carbocycles. The van der Waals surface area contributed by atoms with Crippen LogP contribution in [-0.4, -0.2) is 27.8 Å². The van der Waals surface area contributed by atoms with Crippen LogP contribution >= 0.6 is 0 Å². The summed E-state index contributed by atoms with van der Waals surface area (Å²) in [6, 6.07) is 8.10. The van der Waals surface area contributed by atoms with Gasteiger partial charge in [0.15, 0.2) is 0 Å². The molecule has 0 bridgehead atoms. The molecule has 0 aliphatic heterocycles. The number of nitrogens with zero attached hydrogens (tertiary/aromatic N) is 3. The van der Waals surface area contributed by atoms with E-state index in [-0.39, 0.29) is 5.82 Å². The van der Waals surface area contributed by atoms with Gasteiger partial charge in [0.1, 0.15) is 6.33 Å². The number of ether oxygens (including phenoxy) is 1. The van der Waals surface area contributed by atoms with Gasteiger partial charge in [-0.25, -0.2) is 14.5 Å². The van der Waals surface area contributed by atoms with E-state index >= 15 is 0 Å². The highest BCUT2D eigenvalue weighted by molar-refractivity contribution is 5.84. The maximum absolute atomic E-state index is 11.2. The van der Waals surface area contributed by atoms with Crippen LogP contribution in [-0.2, 0) is 11.3 Å². The molecular formula is C12H13N3O2. The van der Waals surface area contributed by atoms with Crippen LogP contribution in [0.1, 0.15) is 21.7 Å². The number of hydrogen-bond acceptors (Lipinski definition) is 4. The van der Waals surface area contributed by atoms with Crippen LogP contribution in [0.25, 0.3) is 0 Å². The van der Waals surface area contributed by atoms with Gasteiger partial charge < -0.3 is 4.74 Å². The zero-order valence-corrected chi connectivity index (χ0v) is 9.75. The molecule has 0 spiro atoms. The smallest absolute Gasteiger partial charge is 0.377 e. The van der Waals surface area contributed by atoms with Crippen molar-refractivity contribution in [3.8, 4) is 0 Å². The van der Waals surface area contributed by atoms with E-state index in [1.54, 1.807) is 4.68 Å². The SMILES string of the molecule is COC(=O)c1ncn(Cc2cccc(C)c2)n1. The van der Waals surface area contributed by atoms with Crippen molar-refractivity contribution in [2.75, 3.05) is 7.11 Å². The first-order chi connectivity index (χ1) is 8.19. The first-order valence-corrected chi connectivity index (χ1v) is 5.22. The third-order valence-corrected chi connectivity index (χ3v) is 2.33. The minimum absolute atomic E-state index is 0.0835. The molecule has 0 aliphatic rings. The Kier molecular flexibility index (Phi) is 3.18. The van der Waals surface area contributed by atoms with Crippen molar-refractivity contribution in [3.63, 3.8) is 0 Å². The lowest BCUT2D eigenvalue weighted by Gasteiger charge is -2.01. The van der Waals surface area contributed by atoms with Crippen LogP contribution in [0.2, 0.25) is 0 Å². The second-order valence-electron chi connectivity index (χ2n) is 3.75. The van der Waals surface area contributed by atoms with Crippen molar-refractivity contribution in [1.82, 2.24) is 14.8 Å². The number of methoxy groups -OCH3 is 1. The number of esters is 1. The highest BCUT2D eigenvalue weighted by Crippen LogP contribution is 2.05. The molecule has 0 saturated heterocycles. The molecule has 0 radical (unpaired) electrons. The summed E-state index contributed by atoms with van der Waals surface area (Å²) in [6.07, 6.45) is 1.52. The summed E-state index contributed by atoms with van der Waals surface area (Å²) in [5.74, 6) is -0.437. The fourth-order valence-corrected chi connectivity index (χ4v) is 1.55. The summed E-state index contributed by atoms with van der Waals surface area (Å²) < 4.78 is 6.15. The Morgan fingerprint density at radius 2 is 2.29 bits per heavy atom. The molecule has 0 atom stereocenters. The number of carbonyl (C=O) groups excluding carboxylic acids is 1. The van der Waals surface area contributed by atoms with Gasteiger partial charge in [-0.1, -0.05) is 29.8 Å². The highest BCUT2D eigenvalue weighted by atomic mass is 16.5. The molecule has 1 heterocycles. The van der Waals surface area contributed by atoms with Gasteiger partial charge in [-0.2, -0.15) is 0 Å². The Labute approximate surface area is 99.1 Å². The molecule has 0 N–H and O–H groups in total. The van der Waals surface area contributed by atoms with Gasteiger partial charge in [0, 0.05) is 0 Å². The lowest BCUT2D eigenvalue weighted by molar-refractivity contribution is 0.0586. The van der Waals surface area contributed by atoms with E-state index in [1.165, 1.54) is 19.0 Å². The van der Waals surface area contributed by atoms with Crippen molar-refractivity contribution >= 4 is 5.97 Å². The summed E-state index contributed by atoms with van der Waals surface area (Å²) in [7, 11) is 1.31. The largest absolute Gasteiger partial charge is 0.463 e. The monoisotopic (exact) mass is 231 g/mol. The van der Waals surface area contributed by atoms with Crippen LogP contribution in [0, 0.1) is 6.92 Å². The molecule has 88 valence electrons. The zero-order chi connectivity index (χ0) is 12.3. The minimum Gasteiger partial charge on any atom is -0.463 e. The fraction of sp³-hybridized carbons (Fsp3) is 0.250. The molecule has 5 heteroatoms.